The van der Waals surface area contributed by atoms with E-state index < -0.39 is 5.97 Å². The Hall–Kier alpha value is -2.21. The fourth-order valence-electron chi connectivity index (χ4n) is 2.85. The molecule has 2 aliphatic heterocycles. The Labute approximate surface area is 134 Å². The van der Waals surface area contributed by atoms with Gasteiger partial charge in [-0.3, -0.25) is 14.5 Å². The van der Waals surface area contributed by atoms with E-state index in [1.54, 1.807) is 0 Å². The second-order valence-electron chi connectivity index (χ2n) is 5.75. The molecule has 2 aliphatic rings. The molecule has 0 N–H and O–H groups in total. The Bertz CT molecular complexity index is 648. The molecule has 2 heterocycles. The van der Waals surface area contributed by atoms with Crippen LogP contribution in [0.3, 0.4) is 0 Å². The Balaban J connectivity index is 1.79. The van der Waals surface area contributed by atoms with Gasteiger partial charge in [0.2, 0.25) is 0 Å². The average Bonchev–Trinajstić information content (AvgIpc) is 3.15. The van der Waals surface area contributed by atoms with Crippen molar-refractivity contribution >= 4 is 17.8 Å². The Morgan fingerprint density at radius 2 is 2.09 bits per heavy atom. The monoisotopic (exact) mass is 317 g/mol. The zero-order valence-corrected chi connectivity index (χ0v) is 13.0. The molecular formula is C17H19NO5. The predicted octanol–water partition coefficient (Wildman–Crippen LogP) is 2.03. The normalized spacial score (nSPS) is 20.0. The summed E-state index contributed by atoms with van der Waals surface area (Å²) in [5, 5.41) is 0. The van der Waals surface area contributed by atoms with Crippen molar-refractivity contribution in [1.82, 2.24) is 4.90 Å². The molecule has 0 bridgehead atoms. The van der Waals surface area contributed by atoms with Crippen LogP contribution in [0.15, 0.2) is 18.2 Å². The van der Waals surface area contributed by atoms with Crippen LogP contribution >= 0.6 is 0 Å². The van der Waals surface area contributed by atoms with E-state index in [0.717, 1.165) is 19.3 Å². The van der Waals surface area contributed by atoms with E-state index in [-0.39, 0.29) is 35.6 Å². The highest BCUT2D eigenvalue weighted by molar-refractivity contribution is 6.22. The predicted molar refractivity (Wildman–Crippen MR) is 81.4 cm³/mol. The number of ether oxygens (including phenoxy) is 2. The first-order chi connectivity index (χ1) is 11.1. The number of carbonyl (C=O) groups excluding carboxylic acids is 3. The number of fused-ring (bicyclic) bond motifs is 1. The van der Waals surface area contributed by atoms with Gasteiger partial charge in [0.25, 0.3) is 11.8 Å². The Morgan fingerprint density at radius 3 is 2.78 bits per heavy atom. The Morgan fingerprint density at radius 1 is 1.30 bits per heavy atom. The third-order valence-corrected chi connectivity index (χ3v) is 4.05. The number of imide groups is 1. The average molecular weight is 317 g/mol. The zero-order chi connectivity index (χ0) is 16.4. The first-order valence-electron chi connectivity index (χ1n) is 7.90. The molecule has 6 heteroatoms. The van der Waals surface area contributed by atoms with Gasteiger partial charge in [0.05, 0.1) is 35.9 Å². The molecule has 1 unspecified atom stereocenters. The molecule has 0 aliphatic carbocycles. The van der Waals surface area contributed by atoms with E-state index in [0.29, 0.717) is 18.8 Å². The van der Waals surface area contributed by atoms with Crippen LogP contribution in [0.5, 0.6) is 0 Å². The van der Waals surface area contributed by atoms with Gasteiger partial charge in [-0.2, -0.15) is 0 Å². The minimum atomic E-state index is -0.479. The lowest BCUT2D eigenvalue weighted by Gasteiger charge is -2.17. The van der Waals surface area contributed by atoms with Crippen LogP contribution in [0.2, 0.25) is 0 Å². The van der Waals surface area contributed by atoms with Gasteiger partial charge in [-0.1, -0.05) is 6.92 Å². The van der Waals surface area contributed by atoms with E-state index in [1.807, 2.05) is 6.92 Å². The van der Waals surface area contributed by atoms with Crippen LogP contribution in [-0.4, -0.2) is 48.5 Å². The molecule has 1 aromatic carbocycles. The molecule has 0 saturated carbocycles. The van der Waals surface area contributed by atoms with E-state index in [4.69, 9.17) is 9.47 Å². The molecular weight excluding hydrogens is 298 g/mol. The number of hydrogen-bond donors (Lipinski definition) is 0. The molecule has 0 spiro atoms. The second kappa shape index (κ2) is 6.50. The number of amides is 2. The molecule has 122 valence electrons. The third kappa shape index (κ3) is 2.99. The van der Waals surface area contributed by atoms with Crippen molar-refractivity contribution in [3.63, 3.8) is 0 Å². The molecule has 3 rings (SSSR count). The number of rotatable bonds is 5. The van der Waals surface area contributed by atoms with Crippen LogP contribution in [0.4, 0.5) is 0 Å². The first kappa shape index (κ1) is 15.7. The summed E-state index contributed by atoms with van der Waals surface area (Å²) in [6.45, 7) is 3.16. The van der Waals surface area contributed by atoms with Crippen molar-refractivity contribution in [3.05, 3.63) is 34.9 Å². The molecule has 6 nitrogen and oxygen atoms in total. The first-order valence-corrected chi connectivity index (χ1v) is 7.90. The molecule has 2 amide bonds. The van der Waals surface area contributed by atoms with Gasteiger partial charge in [0.1, 0.15) is 0 Å². The van der Waals surface area contributed by atoms with Crippen molar-refractivity contribution in [3.8, 4) is 0 Å². The maximum atomic E-state index is 12.5. The lowest BCUT2D eigenvalue weighted by molar-refractivity contribution is 0.0474. The highest BCUT2D eigenvalue weighted by Crippen LogP contribution is 2.26. The van der Waals surface area contributed by atoms with Crippen LogP contribution in [0, 0.1) is 0 Å². The largest absolute Gasteiger partial charge is 0.462 e. The maximum Gasteiger partial charge on any atom is 0.338 e. The van der Waals surface area contributed by atoms with E-state index in [1.165, 1.54) is 23.1 Å². The molecule has 0 radical (unpaired) electrons. The van der Waals surface area contributed by atoms with E-state index in [2.05, 4.69) is 0 Å². The number of esters is 1. The molecule has 0 aromatic heterocycles. The van der Waals surface area contributed by atoms with E-state index >= 15 is 0 Å². The highest BCUT2D eigenvalue weighted by Gasteiger charge is 2.38. The summed E-state index contributed by atoms with van der Waals surface area (Å²) in [4.78, 5) is 38.0. The summed E-state index contributed by atoms with van der Waals surface area (Å²) in [5.41, 5.74) is 0.885. The summed E-state index contributed by atoms with van der Waals surface area (Å²) in [6.07, 6.45) is 2.43. The minimum Gasteiger partial charge on any atom is -0.462 e. The smallest absolute Gasteiger partial charge is 0.338 e. The quantitative estimate of drug-likeness (QED) is 0.614. The summed E-state index contributed by atoms with van der Waals surface area (Å²) < 4.78 is 10.6. The maximum absolute atomic E-state index is 12.5. The van der Waals surface area contributed by atoms with Crippen molar-refractivity contribution in [2.45, 2.75) is 32.3 Å². The standard InChI is InChI=1S/C17H19NO5/c1-2-7-23-17(21)11-5-6-13-14(9-11)16(20)18(15(13)19)10-12-4-3-8-22-12/h5-6,9,12H,2-4,7-8,10H2,1H3. The van der Waals surface area contributed by atoms with Crippen molar-refractivity contribution in [1.29, 1.82) is 0 Å². The van der Waals surface area contributed by atoms with Crippen LogP contribution in [0.1, 0.15) is 57.3 Å². The summed E-state index contributed by atoms with van der Waals surface area (Å²) in [7, 11) is 0. The fraction of sp³-hybridized carbons (Fsp3) is 0.471. The summed E-state index contributed by atoms with van der Waals surface area (Å²) >= 11 is 0. The van der Waals surface area contributed by atoms with Crippen LogP contribution < -0.4 is 0 Å². The van der Waals surface area contributed by atoms with Gasteiger partial charge >= 0.3 is 5.97 Å². The minimum absolute atomic E-state index is 0.0915. The van der Waals surface area contributed by atoms with Gasteiger partial charge in [0, 0.05) is 6.61 Å². The molecule has 1 fully saturated rings. The van der Waals surface area contributed by atoms with Crippen molar-refractivity contribution in [2.24, 2.45) is 0 Å². The third-order valence-electron chi connectivity index (χ3n) is 4.05. The van der Waals surface area contributed by atoms with Crippen LogP contribution in [-0.2, 0) is 9.47 Å². The number of benzene rings is 1. The molecule has 1 saturated heterocycles. The van der Waals surface area contributed by atoms with Gasteiger partial charge in [-0.15, -0.1) is 0 Å². The van der Waals surface area contributed by atoms with Gasteiger partial charge in [0.15, 0.2) is 0 Å². The van der Waals surface area contributed by atoms with Gasteiger partial charge < -0.3 is 9.47 Å². The lowest BCUT2D eigenvalue weighted by atomic mass is 10.1. The number of hydrogen-bond acceptors (Lipinski definition) is 5. The number of nitrogens with zero attached hydrogens (tertiary/aromatic N) is 1. The van der Waals surface area contributed by atoms with Gasteiger partial charge in [-0.05, 0) is 37.5 Å². The Kier molecular flexibility index (Phi) is 4.43. The van der Waals surface area contributed by atoms with Crippen molar-refractivity contribution < 1.29 is 23.9 Å². The second-order valence-corrected chi connectivity index (χ2v) is 5.75. The number of carbonyl (C=O) groups is 3. The highest BCUT2D eigenvalue weighted by atomic mass is 16.5. The molecule has 1 atom stereocenters. The van der Waals surface area contributed by atoms with E-state index in [9.17, 15) is 14.4 Å². The summed E-state index contributed by atoms with van der Waals surface area (Å²) in [6, 6.07) is 4.49. The zero-order valence-electron chi connectivity index (χ0n) is 13.0. The summed E-state index contributed by atoms with van der Waals surface area (Å²) in [5.74, 6) is -1.17. The SMILES string of the molecule is CCCOC(=O)c1ccc2c(c1)C(=O)N(CC1CCCO1)C2=O. The van der Waals surface area contributed by atoms with Crippen molar-refractivity contribution in [2.75, 3.05) is 19.8 Å². The van der Waals surface area contributed by atoms with Crippen LogP contribution in [0.25, 0.3) is 0 Å². The molecule has 1 aromatic rings. The topological polar surface area (TPSA) is 72.9 Å². The fourth-order valence-corrected chi connectivity index (χ4v) is 2.85. The lowest BCUT2D eigenvalue weighted by Crippen LogP contribution is -2.36. The molecule has 23 heavy (non-hydrogen) atoms. The van der Waals surface area contributed by atoms with Gasteiger partial charge in [-0.25, -0.2) is 4.79 Å².